The molecule has 1 aliphatic heterocycles. The summed E-state index contributed by atoms with van der Waals surface area (Å²) in [5.41, 5.74) is 6.12. The summed E-state index contributed by atoms with van der Waals surface area (Å²) in [6.45, 7) is 4.61. The average Bonchev–Trinajstić information content (AvgIpc) is 2.94. The number of ketones is 1. The highest BCUT2D eigenvalue weighted by Gasteiger charge is 2.21. The van der Waals surface area contributed by atoms with E-state index < -0.39 is 0 Å². The summed E-state index contributed by atoms with van der Waals surface area (Å²) in [6.07, 6.45) is 0.946. The van der Waals surface area contributed by atoms with E-state index in [-0.39, 0.29) is 5.78 Å². The van der Waals surface area contributed by atoms with E-state index in [4.69, 9.17) is 0 Å². The number of benzene rings is 2. The third-order valence-corrected chi connectivity index (χ3v) is 5.08. The second kappa shape index (κ2) is 5.91. The van der Waals surface area contributed by atoms with Crippen molar-refractivity contribution in [1.29, 1.82) is 0 Å². The predicted octanol–water partition coefficient (Wildman–Crippen LogP) is 2.69. The number of nitrogens with zero attached hydrogens (tertiary/aromatic N) is 2. The van der Waals surface area contributed by atoms with Crippen LogP contribution < -0.4 is 0 Å². The standard InChI is InChI=1S/C20H22N2O/c1-21-8-10-22(11-9-21)14-20(23)16-6-7-19-17(13-16)12-15-4-2-3-5-18(15)19/h2-7,13H,8-12,14H2,1H3. The van der Waals surface area contributed by atoms with E-state index in [1.807, 2.05) is 6.07 Å². The van der Waals surface area contributed by atoms with Crippen molar-refractivity contribution < 1.29 is 4.79 Å². The Bertz CT molecular complexity index is 745. The van der Waals surface area contributed by atoms with Crippen molar-refractivity contribution in [2.75, 3.05) is 39.8 Å². The van der Waals surface area contributed by atoms with Crippen LogP contribution in [-0.4, -0.2) is 55.4 Å². The van der Waals surface area contributed by atoms with Gasteiger partial charge >= 0.3 is 0 Å². The van der Waals surface area contributed by atoms with Crippen LogP contribution in [0.3, 0.4) is 0 Å². The van der Waals surface area contributed by atoms with Gasteiger partial charge in [-0.3, -0.25) is 9.69 Å². The van der Waals surface area contributed by atoms with Gasteiger partial charge in [0.15, 0.2) is 5.78 Å². The molecular weight excluding hydrogens is 284 g/mol. The zero-order valence-electron chi connectivity index (χ0n) is 13.6. The fraction of sp³-hybridized carbons (Fsp3) is 0.350. The Labute approximate surface area is 137 Å². The fourth-order valence-electron chi connectivity index (χ4n) is 3.62. The van der Waals surface area contributed by atoms with Gasteiger partial charge in [-0.25, -0.2) is 0 Å². The van der Waals surface area contributed by atoms with Gasteiger partial charge in [-0.1, -0.05) is 36.4 Å². The molecule has 0 bridgehead atoms. The summed E-state index contributed by atoms with van der Waals surface area (Å²) < 4.78 is 0. The highest BCUT2D eigenvalue weighted by Crippen LogP contribution is 2.36. The maximum absolute atomic E-state index is 12.6. The molecule has 0 aromatic heterocycles. The first-order chi connectivity index (χ1) is 11.2. The molecule has 23 heavy (non-hydrogen) atoms. The van der Waals surface area contributed by atoms with Crippen molar-refractivity contribution in [3.05, 3.63) is 59.2 Å². The molecule has 1 fully saturated rings. The molecule has 118 valence electrons. The number of likely N-dealkylation sites (N-methyl/N-ethyl adjacent to an activating group) is 1. The first-order valence-corrected chi connectivity index (χ1v) is 8.36. The number of Topliss-reactive ketones (excluding diaryl/α,β-unsaturated/α-hetero) is 1. The number of hydrogen-bond acceptors (Lipinski definition) is 3. The summed E-state index contributed by atoms with van der Waals surface area (Å²) in [4.78, 5) is 17.2. The van der Waals surface area contributed by atoms with Crippen LogP contribution in [0.2, 0.25) is 0 Å². The molecule has 0 amide bonds. The van der Waals surface area contributed by atoms with Gasteiger partial charge in [0, 0.05) is 31.7 Å². The van der Waals surface area contributed by atoms with Crippen molar-refractivity contribution in [1.82, 2.24) is 9.80 Å². The minimum absolute atomic E-state index is 0.244. The van der Waals surface area contributed by atoms with Gasteiger partial charge < -0.3 is 4.90 Å². The molecule has 2 aromatic carbocycles. The lowest BCUT2D eigenvalue weighted by Crippen LogP contribution is -2.46. The average molecular weight is 306 g/mol. The minimum Gasteiger partial charge on any atom is -0.304 e. The Hall–Kier alpha value is -1.97. The van der Waals surface area contributed by atoms with Gasteiger partial charge in [0.25, 0.3) is 0 Å². The molecule has 3 nitrogen and oxygen atoms in total. The summed E-state index contributed by atoms with van der Waals surface area (Å²) in [5.74, 6) is 0.244. The van der Waals surface area contributed by atoms with Crippen LogP contribution in [-0.2, 0) is 6.42 Å². The molecule has 0 N–H and O–H groups in total. The SMILES string of the molecule is CN1CCN(CC(=O)c2ccc3c(c2)Cc2ccccc2-3)CC1. The van der Waals surface area contributed by atoms with Crippen molar-refractivity contribution in [2.24, 2.45) is 0 Å². The fourth-order valence-corrected chi connectivity index (χ4v) is 3.62. The van der Waals surface area contributed by atoms with Crippen molar-refractivity contribution in [3.63, 3.8) is 0 Å². The smallest absolute Gasteiger partial charge is 0.176 e. The van der Waals surface area contributed by atoms with E-state index in [1.54, 1.807) is 0 Å². The van der Waals surface area contributed by atoms with E-state index in [2.05, 4.69) is 53.2 Å². The van der Waals surface area contributed by atoms with Crippen molar-refractivity contribution >= 4 is 5.78 Å². The monoisotopic (exact) mass is 306 g/mol. The molecule has 0 unspecified atom stereocenters. The van der Waals surface area contributed by atoms with Gasteiger partial charge in [0.05, 0.1) is 6.54 Å². The molecule has 2 aliphatic rings. The highest BCUT2D eigenvalue weighted by atomic mass is 16.1. The van der Waals surface area contributed by atoms with Crippen molar-refractivity contribution in [3.8, 4) is 11.1 Å². The molecule has 1 heterocycles. The van der Waals surface area contributed by atoms with E-state index in [1.165, 1.54) is 22.3 Å². The van der Waals surface area contributed by atoms with E-state index in [0.29, 0.717) is 6.54 Å². The van der Waals surface area contributed by atoms with Crippen LogP contribution in [0.15, 0.2) is 42.5 Å². The van der Waals surface area contributed by atoms with Gasteiger partial charge in [-0.05, 0) is 41.8 Å². The summed E-state index contributed by atoms with van der Waals surface area (Å²) in [5, 5.41) is 0. The normalized spacial score (nSPS) is 17.8. The topological polar surface area (TPSA) is 23.6 Å². The molecule has 3 heteroatoms. The van der Waals surface area contributed by atoms with Crippen LogP contribution in [0.25, 0.3) is 11.1 Å². The van der Waals surface area contributed by atoms with Gasteiger partial charge in [0.1, 0.15) is 0 Å². The molecule has 0 saturated carbocycles. The van der Waals surface area contributed by atoms with E-state index in [9.17, 15) is 4.79 Å². The van der Waals surface area contributed by atoms with Crippen LogP contribution in [0.4, 0.5) is 0 Å². The molecule has 2 aromatic rings. The lowest BCUT2D eigenvalue weighted by molar-refractivity contribution is 0.0876. The zero-order valence-corrected chi connectivity index (χ0v) is 13.6. The number of hydrogen-bond donors (Lipinski definition) is 0. The van der Waals surface area contributed by atoms with Gasteiger partial charge in [0.2, 0.25) is 0 Å². The van der Waals surface area contributed by atoms with Crippen LogP contribution in [0.1, 0.15) is 21.5 Å². The lowest BCUT2D eigenvalue weighted by atomic mass is 10.0. The molecule has 0 radical (unpaired) electrons. The third kappa shape index (κ3) is 2.82. The summed E-state index contributed by atoms with van der Waals surface area (Å²) >= 11 is 0. The van der Waals surface area contributed by atoms with Crippen LogP contribution >= 0.6 is 0 Å². The largest absolute Gasteiger partial charge is 0.304 e. The quantitative estimate of drug-likeness (QED) is 0.695. The van der Waals surface area contributed by atoms with Gasteiger partial charge in [-0.2, -0.15) is 0 Å². The maximum atomic E-state index is 12.6. The number of carbonyl (C=O) groups is 1. The Kier molecular flexibility index (Phi) is 3.76. The number of carbonyl (C=O) groups excluding carboxylic acids is 1. The first kappa shape index (κ1) is 14.6. The Morgan fingerprint density at radius 2 is 1.70 bits per heavy atom. The van der Waals surface area contributed by atoms with E-state index >= 15 is 0 Å². The maximum Gasteiger partial charge on any atom is 0.176 e. The first-order valence-electron chi connectivity index (χ1n) is 8.36. The zero-order chi connectivity index (χ0) is 15.8. The molecule has 0 spiro atoms. The molecule has 1 saturated heterocycles. The van der Waals surface area contributed by atoms with Gasteiger partial charge in [-0.15, -0.1) is 0 Å². The molecule has 4 rings (SSSR count). The third-order valence-electron chi connectivity index (χ3n) is 5.08. The summed E-state index contributed by atoms with van der Waals surface area (Å²) in [6, 6.07) is 14.8. The summed E-state index contributed by atoms with van der Waals surface area (Å²) in [7, 11) is 2.14. The second-order valence-electron chi connectivity index (χ2n) is 6.71. The second-order valence-corrected chi connectivity index (χ2v) is 6.71. The number of fused-ring (bicyclic) bond motifs is 3. The van der Waals surface area contributed by atoms with Crippen molar-refractivity contribution in [2.45, 2.75) is 6.42 Å². The molecular formula is C20H22N2O. The van der Waals surface area contributed by atoms with Crippen LogP contribution in [0.5, 0.6) is 0 Å². The highest BCUT2D eigenvalue weighted by molar-refractivity contribution is 5.98. The number of rotatable bonds is 3. The van der Waals surface area contributed by atoms with E-state index in [0.717, 1.165) is 38.2 Å². The number of piperazine rings is 1. The molecule has 1 aliphatic carbocycles. The van der Waals surface area contributed by atoms with Crippen LogP contribution in [0, 0.1) is 0 Å². The predicted molar refractivity (Wildman–Crippen MR) is 93.0 cm³/mol. The Morgan fingerprint density at radius 3 is 2.52 bits per heavy atom. The molecule has 0 atom stereocenters. The minimum atomic E-state index is 0.244. The Balaban J connectivity index is 1.51. The lowest BCUT2D eigenvalue weighted by Gasteiger charge is -2.31. The Morgan fingerprint density at radius 1 is 0.957 bits per heavy atom.